The van der Waals surface area contributed by atoms with Crippen molar-refractivity contribution in [3.63, 3.8) is 0 Å². The maximum Gasteiger partial charge on any atom is 0.155 e. The maximum atomic E-state index is 5.73. The Balaban J connectivity index is 2.01. The standard InChI is InChI=1S/C13H15N3O/c1-2-7-14-13-10-8-17-11-6-4-3-5-9(11)12(10)15-16-13/h3-6H,2,7-8H2,1H3,(H2,14,15,16). The molecule has 1 aromatic heterocycles. The van der Waals surface area contributed by atoms with Crippen LogP contribution < -0.4 is 10.1 Å². The molecule has 4 heteroatoms. The fourth-order valence-electron chi connectivity index (χ4n) is 2.07. The topological polar surface area (TPSA) is 49.9 Å². The molecule has 4 nitrogen and oxygen atoms in total. The minimum Gasteiger partial charge on any atom is -0.488 e. The van der Waals surface area contributed by atoms with Gasteiger partial charge in [-0.2, -0.15) is 5.10 Å². The number of ether oxygens (including phenoxy) is 1. The van der Waals surface area contributed by atoms with Crippen molar-refractivity contribution in [2.75, 3.05) is 11.9 Å². The minimum absolute atomic E-state index is 0.578. The third-order valence-corrected chi connectivity index (χ3v) is 2.94. The van der Waals surface area contributed by atoms with Gasteiger partial charge in [-0.1, -0.05) is 19.1 Å². The lowest BCUT2D eigenvalue weighted by Gasteiger charge is -2.17. The van der Waals surface area contributed by atoms with Crippen LogP contribution >= 0.6 is 0 Å². The molecule has 0 spiro atoms. The van der Waals surface area contributed by atoms with Gasteiger partial charge in [0.15, 0.2) is 5.82 Å². The molecule has 0 amide bonds. The van der Waals surface area contributed by atoms with Crippen LogP contribution in [0.4, 0.5) is 5.82 Å². The Labute approximate surface area is 100 Å². The molecular weight excluding hydrogens is 214 g/mol. The largest absolute Gasteiger partial charge is 0.488 e. The van der Waals surface area contributed by atoms with Gasteiger partial charge >= 0.3 is 0 Å². The molecule has 1 aromatic carbocycles. The summed E-state index contributed by atoms with van der Waals surface area (Å²) < 4.78 is 5.73. The zero-order chi connectivity index (χ0) is 11.7. The minimum atomic E-state index is 0.578. The van der Waals surface area contributed by atoms with Gasteiger partial charge in [0.1, 0.15) is 12.4 Å². The summed E-state index contributed by atoms with van der Waals surface area (Å²) in [6.45, 7) is 3.64. The predicted molar refractivity (Wildman–Crippen MR) is 67.1 cm³/mol. The first-order valence-electron chi connectivity index (χ1n) is 5.93. The number of aromatic nitrogens is 2. The molecule has 17 heavy (non-hydrogen) atoms. The van der Waals surface area contributed by atoms with E-state index in [1.54, 1.807) is 0 Å². The van der Waals surface area contributed by atoms with Crippen LogP contribution in [0.15, 0.2) is 24.3 Å². The van der Waals surface area contributed by atoms with E-state index in [0.717, 1.165) is 41.4 Å². The van der Waals surface area contributed by atoms with Gasteiger partial charge in [-0.15, -0.1) is 0 Å². The van der Waals surface area contributed by atoms with Crippen molar-refractivity contribution in [1.29, 1.82) is 0 Å². The van der Waals surface area contributed by atoms with Gasteiger partial charge in [0.2, 0.25) is 0 Å². The van der Waals surface area contributed by atoms with E-state index in [1.165, 1.54) is 0 Å². The Kier molecular flexibility index (Phi) is 2.48. The number of aromatic amines is 1. The highest BCUT2D eigenvalue weighted by molar-refractivity contribution is 5.75. The van der Waals surface area contributed by atoms with E-state index in [4.69, 9.17) is 4.74 Å². The number of hydrogen-bond donors (Lipinski definition) is 2. The Bertz CT molecular complexity index is 533. The summed E-state index contributed by atoms with van der Waals surface area (Å²) in [7, 11) is 0. The van der Waals surface area contributed by atoms with Crippen molar-refractivity contribution in [3.8, 4) is 17.0 Å². The van der Waals surface area contributed by atoms with E-state index >= 15 is 0 Å². The number of benzene rings is 1. The lowest BCUT2D eigenvalue weighted by atomic mass is 10.0. The second-order valence-corrected chi connectivity index (χ2v) is 4.14. The van der Waals surface area contributed by atoms with E-state index in [1.807, 2.05) is 18.2 Å². The van der Waals surface area contributed by atoms with Gasteiger partial charge < -0.3 is 10.1 Å². The summed E-state index contributed by atoms with van der Waals surface area (Å²) in [5.74, 6) is 1.84. The van der Waals surface area contributed by atoms with Crippen LogP contribution in [0.1, 0.15) is 18.9 Å². The number of nitrogens with one attached hydrogen (secondary N) is 2. The monoisotopic (exact) mass is 229 g/mol. The number of fused-ring (bicyclic) bond motifs is 3. The number of para-hydroxylation sites is 1. The number of hydrogen-bond acceptors (Lipinski definition) is 3. The van der Waals surface area contributed by atoms with Crippen LogP contribution in [0.25, 0.3) is 11.3 Å². The highest BCUT2D eigenvalue weighted by atomic mass is 16.5. The van der Waals surface area contributed by atoms with Crippen molar-refractivity contribution < 1.29 is 4.74 Å². The number of rotatable bonds is 3. The van der Waals surface area contributed by atoms with Crippen molar-refractivity contribution >= 4 is 5.82 Å². The van der Waals surface area contributed by atoms with Gasteiger partial charge in [-0.3, -0.25) is 5.10 Å². The van der Waals surface area contributed by atoms with Crippen molar-refractivity contribution in [3.05, 3.63) is 29.8 Å². The summed E-state index contributed by atoms with van der Waals surface area (Å²) >= 11 is 0. The molecule has 0 atom stereocenters. The maximum absolute atomic E-state index is 5.73. The molecule has 2 N–H and O–H groups in total. The van der Waals surface area contributed by atoms with Crippen LogP contribution in [0.3, 0.4) is 0 Å². The first-order valence-corrected chi connectivity index (χ1v) is 5.93. The Morgan fingerprint density at radius 1 is 1.41 bits per heavy atom. The zero-order valence-electron chi connectivity index (χ0n) is 9.79. The lowest BCUT2D eigenvalue weighted by molar-refractivity contribution is 0.303. The molecule has 0 saturated carbocycles. The van der Waals surface area contributed by atoms with E-state index < -0.39 is 0 Å². The zero-order valence-corrected chi connectivity index (χ0v) is 9.79. The second-order valence-electron chi connectivity index (χ2n) is 4.14. The van der Waals surface area contributed by atoms with Gasteiger partial charge in [0.05, 0.1) is 11.3 Å². The molecule has 0 fully saturated rings. The Morgan fingerprint density at radius 2 is 2.29 bits per heavy atom. The first kappa shape index (κ1) is 10.2. The van der Waals surface area contributed by atoms with Crippen LogP contribution in [-0.4, -0.2) is 16.7 Å². The van der Waals surface area contributed by atoms with Crippen molar-refractivity contribution in [1.82, 2.24) is 10.2 Å². The number of H-pyrrole nitrogens is 1. The molecule has 2 aromatic rings. The van der Waals surface area contributed by atoms with E-state index in [9.17, 15) is 0 Å². The molecule has 3 rings (SSSR count). The summed E-state index contributed by atoms with van der Waals surface area (Å²) in [6.07, 6.45) is 1.08. The third kappa shape index (κ3) is 1.65. The smallest absolute Gasteiger partial charge is 0.155 e. The molecular formula is C13H15N3O. The molecule has 0 unspecified atom stereocenters. The van der Waals surface area contributed by atoms with Gasteiger partial charge in [-0.25, -0.2) is 0 Å². The molecule has 0 saturated heterocycles. The summed E-state index contributed by atoms with van der Waals surface area (Å²) in [5.41, 5.74) is 3.29. The number of nitrogens with zero attached hydrogens (tertiary/aromatic N) is 1. The summed E-state index contributed by atoms with van der Waals surface area (Å²) in [6, 6.07) is 8.03. The molecule has 0 bridgehead atoms. The quantitative estimate of drug-likeness (QED) is 0.850. The van der Waals surface area contributed by atoms with Crippen LogP contribution in [-0.2, 0) is 6.61 Å². The second kappa shape index (κ2) is 4.13. The molecule has 1 aliphatic heterocycles. The highest BCUT2D eigenvalue weighted by Crippen LogP contribution is 2.38. The van der Waals surface area contributed by atoms with Crippen LogP contribution in [0, 0.1) is 0 Å². The molecule has 0 radical (unpaired) electrons. The van der Waals surface area contributed by atoms with E-state index in [2.05, 4.69) is 28.5 Å². The third-order valence-electron chi connectivity index (χ3n) is 2.94. The molecule has 0 aliphatic carbocycles. The Morgan fingerprint density at radius 3 is 3.18 bits per heavy atom. The van der Waals surface area contributed by atoms with Crippen LogP contribution in [0.2, 0.25) is 0 Å². The van der Waals surface area contributed by atoms with E-state index in [0.29, 0.717) is 6.61 Å². The van der Waals surface area contributed by atoms with Gasteiger partial charge in [0, 0.05) is 12.1 Å². The molecule has 1 aliphatic rings. The first-order chi connectivity index (χ1) is 8.40. The van der Waals surface area contributed by atoms with Crippen LogP contribution in [0.5, 0.6) is 5.75 Å². The summed E-state index contributed by atoms with van der Waals surface area (Å²) in [5, 5.41) is 10.7. The Hall–Kier alpha value is -1.97. The predicted octanol–water partition coefficient (Wildman–Crippen LogP) is 2.79. The van der Waals surface area contributed by atoms with Gasteiger partial charge in [0.25, 0.3) is 0 Å². The average Bonchev–Trinajstić information content (AvgIpc) is 2.80. The fourth-order valence-corrected chi connectivity index (χ4v) is 2.07. The molecule has 88 valence electrons. The highest BCUT2D eigenvalue weighted by Gasteiger charge is 2.22. The van der Waals surface area contributed by atoms with Crippen molar-refractivity contribution in [2.45, 2.75) is 20.0 Å². The molecule has 2 heterocycles. The van der Waals surface area contributed by atoms with Crippen molar-refractivity contribution in [2.24, 2.45) is 0 Å². The SMILES string of the molecule is CCCNc1n[nH]c2c1COc1ccccc1-2. The fraction of sp³-hybridized carbons (Fsp3) is 0.308. The number of anilines is 1. The summed E-state index contributed by atoms with van der Waals surface area (Å²) in [4.78, 5) is 0. The van der Waals surface area contributed by atoms with Gasteiger partial charge in [-0.05, 0) is 18.6 Å². The normalized spacial score (nSPS) is 12.5. The lowest BCUT2D eigenvalue weighted by Crippen LogP contribution is -2.08. The average molecular weight is 229 g/mol. The van der Waals surface area contributed by atoms with E-state index in [-0.39, 0.29) is 0 Å².